The van der Waals surface area contributed by atoms with Gasteiger partial charge in [-0.2, -0.15) is 0 Å². The van der Waals surface area contributed by atoms with E-state index < -0.39 is 11.6 Å². The van der Waals surface area contributed by atoms with E-state index >= 15 is 0 Å². The number of hydrogen-bond donors (Lipinski definition) is 1. The molecule has 8 heteroatoms. The molecule has 1 atom stereocenters. The van der Waals surface area contributed by atoms with Gasteiger partial charge >= 0.3 is 0 Å². The molecule has 0 bridgehead atoms. The monoisotopic (exact) mass is 486 g/mol. The van der Waals surface area contributed by atoms with Crippen LogP contribution in [0.3, 0.4) is 0 Å². The second kappa shape index (κ2) is 9.97. The van der Waals surface area contributed by atoms with Crippen LogP contribution in [-0.2, 0) is 23.2 Å². The van der Waals surface area contributed by atoms with E-state index in [1.165, 1.54) is 0 Å². The summed E-state index contributed by atoms with van der Waals surface area (Å²) in [5.41, 5.74) is 4.44. The first-order chi connectivity index (χ1) is 17.1. The highest BCUT2D eigenvalue weighted by molar-refractivity contribution is 6.01. The third kappa shape index (κ3) is 5.17. The maximum absolute atomic E-state index is 14.1. The Morgan fingerprint density at radius 3 is 2.39 bits per heavy atom. The van der Waals surface area contributed by atoms with Crippen LogP contribution in [0.25, 0.3) is 11.0 Å². The summed E-state index contributed by atoms with van der Waals surface area (Å²) in [4.78, 5) is 29.6. The van der Waals surface area contributed by atoms with Gasteiger partial charge in [-0.05, 0) is 81.6 Å². The SMILES string of the molecule is CCC(C)(C)NC(=O)[C@H](c1cccn1C)N(C(=O)Cn1nnc2ccccc21)c1cc(C)cc(C)c1. The molecular weight excluding hydrogens is 452 g/mol. The van der Waals surface area contributed by atoms with Crippen molar-refractivity contribution in [2.24, 2.45) is 7.05 Å². The average molecular weight is 487 g/mol. The third-order valence-corrected chi connectivity index (χ3v) is 6.57. The zero-order valence-corrected chi connectivity index (χ0v) is 21.8. The van der Waals surface area contributed by atoms with Crippen molar-refractivity contribution in [1.82, 2.24) is 24.9 Å². The first-order valence-electron chi connectivity index (χ1n) is 12.2. The molecule has 2 heterocycles. The maximum atomic E-state index is 14.1. The molecule has 1 N–H and O–H groups in total. The lowest BCUT2D eigenvalue weighted by Gasteiger charge is -2.35. The van der Waals surface area contributed by atoms with E-state index in [2.05, 4.69) is 21.7 Å². The van der Waals surface area contributed by atoms with Gasteiger partial charge in [0.1, 0.15) is 12.1 Å². The molecule has 0 radical (unpaired) electrons. The van der Waals surface area contributed by atoms with Gasteiger partial charge in [0, 0.05) is 24.5 Å². The van der Waals surface area contributed by atoms with E-state index in [0.29, 0.717) is 11.2 Å². The highest BCUT2D eigenvalue weighted by Crippen LogP contribution is 2.31. The second-order valence-electron chi connectivity index (χ2n) is 10.0. The number of aromatic nitrogens is 4. The zero-order chi connectivity index (χ0) is 26.0. The highest BCUT2D eigenvalue weighted by Gasteiger charge is 2.36. The van der Waals surface area contributed by atoms with Crippen molar-refractivity contribution in [2.75, 3.05) is 4.90 Å². The Morgan fingerprint density at radius 1 is 1.06 bits per heavy atom. The summed E-state index contributed by atoms with van der Waals surface area (Å²) in [6.45, 7) is 9.91. The number of anilines is 1. The van der Waals surface area contributed by atoms with Crippen LogP contribution in [0.5, 0.6) is 0 Å². The number of benzene rings is 2. The number of carbonyl (C=O) groups is 2. The molecule has 4 rings (SSSR count). The van der Waals surface area contributed by atoms with Gasteiger partial charge in [-0.15, -0.1) is 5.10 Å². The first kappa shape index (κ1) is 25.2. The summed E-state index contributed by atoms with van der Waals surface area (Å²) in [6.07, 6.45) is 2.64. The van der Waals surface area contributed by atoms with Crippen molar-refractivity contribution in [3.63, 3.8) is 0 Å². The fraction of sp³-hybridized carbons (Fsp3) is 0.357. The number of fused-ring (bicyclic) bond motifs is 1. The quantitative estimate of drug-likeness (QED) is 0.398. The van der Waals surface area contributed by atoms with Crippen LogP contribution in [0.4, 0.5) is 5.69 Å². The molecule has 2 aromatic carbocycles. The molecular formula is C28H34N6O2. The van der Waals surface area contributed by atoms with Gasteiger partial charge < -0.3 is 9.88 Å². The standard InChI is InChI=1S/C28H34N6O2/c1-7-28(4,5)29-27(36)26(24-13-10-14-32(24)6)34(21-16-19(2)15-20(3)17-21)25(35)18-33-23-12-9-8-11-22(23)30-31-33/h8-17,26H,7,18H2,1-6H3,(H,29,36)/t26-/m0/s1. The van der Waals surface area contributed by atoms with Gasteiger partial charge in [-0.3, -0.25) is 14.5 Å². The Bertz CT molecular complexity index is 1380. The summed E-state index contributed by atoms with van der Waals surface area (Å²) in [6, 6.07) is 16.3. The fourth-order valence-corrected chi connectivity index (χ4v) is 4.40. The minimum atomic E-state index is -0.876. The Morgan fingerprint density at radius 2 is 1.75 bits per heavy atom. The van der Waals surface area contributed by atoms with Gasteiger partial charge in [0.2, 0.25) is 11.8 Å². The van der Waals surface area contributed by atoms with Crippen molar-refractivity contribution in [3.05, 3.63) is 77.6 Å². The van der Waals surface area contributed by atoms with Gasteiger partial charge in [0.05, 0.1) is 11.2 Å². The topological polar surface area (TPSA) is 85.0 Å². The molecule has 2 aromatic heterocycles. The van der Waals surface area contributed by atoms with E-state index in [-0.39, 0.29) is 18.4 Å². The summed E-state index contributed by atoms with van der Waals surface area (Å²) >= 11 is 0. The van der Waals surface area contributed by atoms with E-state index in [1.807, 2.05) is 101 Å². The smallest absolute Gasteiger partial charge is 0.249 e. The van der Waals surface area contributed by atoms with Crippen molar-refractivity contribution >= 4 is 28.5 Å². The summed E-state index contributed by atoms with van der Waals surface area (Å²) in [5.74, 6) is -0.495. The van der Waals surface area contributed by atoms with Gasteiger partial charge in [-0.25, -0.2) is 4.68 Å². The van der Waals surface area contributed by atoms with Crippen LogP contribution in [0.1, 0.15) is 50.1 Å². The van der Waals surface area contributed by atoms with Crippen molar-refractivity contribution in [3.8, 4) is 0 Å². The minimum absolute atomic E-state index is 0.0567. The molecule has 188 valence electrons. The summed E-state index contributed by atoms with van der Waals surface area (Å²) in [7, 11) is 1.88. The van der Waals surface area contributed by atoms with E-state index in [9.17, 15) is 9.59 Å². The molecule has 0 aliphatic carbocycles. The fourth-order valence-electron chi connectivity index (χ4n) is 4.40. The molecule has 0 aliphatic rings. The minimum Gasteiger partial charge on any atom is -0.352 e. The largest absolute Gasteiger partial charge is 0.352 e. The van der Waals surface area contributed by atoms with Crippen molar-refractivity contribution in [2.45, 2.75) is 59.2 Å². The number of aryl methyl sites for hydroxylation is 3. The number of carbonyl (C=O) groups excluding carboxylic acids is 2. The van der Waals surface area contributed by atoms with Crippen LogP contribution in [0.2, 0.25) is 0 Å². The van der Waals surface area contributed by atoms with Gasteiger partial charge in [0.15, 0.2) is 6.04 Å². The predicted molar refractivity (Wildman–Crippen MR) is 142 cm³/mol. The lowest BCUT2D eigenvalue weighted by Crippen LogP contribution is -2.51. The third-order valence-electron chi connectivity index (χ3n) is 6.57. The Hall–Kier alpha value is -3.94. The number of rotatable bonds is 8. The summed E-state index contributed by atoms with van der Waals surface area (Å²) in [5, 5.41) is 11.6. The molecule has 8 nitrogen and oxygen atoms in total. The van der Waals surface area contributed by atoms with Crippen molar-refractivity contribution < 1.29 is 9.59 Å². The molecule has 2 amide bonds. The Labute approximate surface area is 211 Å². The van der Waals surface area contributed by atoms with Crippen molar-refractivity contribution in [1.29, 1.82) is 0 Å². The molecule has 36 heavy (non-hydrogen) atoms. The Kier molecular flexibility index (Phi) is 6.97. The predicted octanol–water partition coefficient (Wildman–Crippen LogP) is 4.47. The lowest BCUT2D eigenvalue weighted by atomic mass is 10.00. The van der Waals surface area contributed by atoms with E-state index in [0.717, 1.165) is 28.8 Å². The molecule has 0 saturated carbocycles. The molecule has 0 fully saturated rings. The van der Waals surface area contributed by atoms with Gasteiger partial charge in [-0.1, -0.05) is 30.3 Å². The Balaban J connectivity index is 1.84. The number of amides is 2. The highest BCUT2D eigenvalue weighted by atomic mass is 16.2. The van der Waals surface area contributed by atoms with Crippen LogP contribution >= 0.6 is 0 Å². The molecule has 0 unspecified atom stereocenters. The van der Waals surface area contributed by atoms with Gasteiger partial charge in [0.25, 0.3) is 0 Å². The molecule has 0 aliphatic heterocycles. The molecule has 4 aromatic rings. The van der Waals surface area contributed by atoms with Crippen LogP contribution in [-0.4, -0.2) is 36.9 Å². The van der Waals surface area contributed by atoms with Crippen LogP contribution < -0.4 is 10.2 Å². The summed E-state index contributed by atoms with van der Waals surface area (Å²) < 4.78 is 3.47. The first-order valence-corrected chi connectivity index (χ1v) is 12.2. The van der Waals surface area contributed by atoms with Crippen LogP contribution in [0.15, 0.2) is 60.8 Å². The number of hydrogen-bond acceptors (Lipinski definition) is 4. The number of nitrogens with zero attached hydrogens (tertiary/aromatic N) is 5. The van der Waals surface area contributed by atoms with E-state index in [4.69, 9.17) is 0 Å². The average Bonchev–Trinajstić information content (AvgIpc) is 3.42. The van der Waals surface area contributed by atoms with Crippen LogP contribution in [0, 0.1) is 13.8 Å². The zero-order valence-electron chi connectivity index (χ0n) is 21.8. The number of nitrogens with one attached hydrogen (secondary N) is 1. The molecule has 0 saturated heterocycles. The maximum Gasteiger partial charge on any atom is 0.249 e. The lowest BCUT2D eigenvalue weighted by molar-refractivity contribution is -0.128. The second-order valence-corrected chi connectivity index (χ2v) is 10.0. The molecule has 0 spiro atoms. The van der Waals surface area contributed by atoms with E-state index in [1.54, 1.807) is 9.58 Å². The normalized spacial score (nSPS) is 12.5. The number of para-hydroxylation sites is 1.